The molecule has 6 rings (SSSR count). The summed E-state index contributed by atoms with van der Waals surface area (Å²) in [4.78, 5) is 22.3. The van der Waals surface area contributed by atoms with E-state index in [9.17, 15) is 9.18 Å². The third-order valence-electron chi connectivity index (χ3n) is 7.32. The Bertz CT molecular complexity index is 1490. The van der Waals surface area contributed by atoms with Crippen molar-refractivity contribution in [3.63, 3.8) is 0 Å². The van der Waals surface area contributed by atoms with Gasteiger partial charge in [0.25, 0.3) is 5.91 Å². The molecular weight excluding hydrogens is 469 g/mol. The SMILES string of the molecule is CC(C)CCc1nc(Nc2ccc(-c3cnc4cc(F)ccn34)c3c2C(=O)NC3)ccc1[C@@H]1CCOC1. The molecule has 2 aliphatic heterocycles. The van der Waals surface area contributed by atoms with Crippen LogP contribution in [0.5, 0.6) is 0 Å². The van der Waals surface area contributed by atoms with E-state index in [2.05, 4.69) is 35.5 Å². The van der Waals surface area contributed by atoms with Crippen LogP contribution in [0.2, 0.25) is 0 Å². The number of imidazole rings is 1. The van der Waals surface area contributed by atoms with Gasteiger partial charge in [-0.15, -0.1) is 0 Å². The van der Waals surface area contributed by atoms with E-state index in [-0.39, 0.29) is 11.7 Å². The van der Waals surface area contributed by atoms with Crippen molar-refractivity contribution in [1.29, 1.82) is 0 Å². The fourth-order valence-corrected chi connectivity index (χ4v) is 5.34. The Hall–Kier alpha value is -3.78. The summed E-state index contributed by atoms with van der Waals surface area (Å²) in [5, 5.41) is 6.38. The molecule has 8 heteroatoms. The first-order valence-electron chi connectivity index (χ1n) is 12.9. The average Bonchev–Trinajstić information content (AvgIpc) is 3.64. The molecule has 1 amide bonds. The molecule has 37 heavy (non-hydrogen) atoms. The first kappa shape index (κ1) is 23.6. The van der Waals surface area contributed by atoms with E-state index in [4.69, 9.17) is 9.72 Å². The molecule has 0 bridgehead atoms. The minimum atomic E-state index is -0.335. The summed E-state index contributed by atoms with van der Waals surface area (Å²) in [6.45, 7) is 6.41. The number of hydrogen-bond donors (Lipinski definition) is 2. The highest BCUT2D eigenvalue weighted by atomic mass is 19.1. The third-order valence-corrected chi connectivity index (χ3v) is 7.32. The standard InChI is InChI=1S/C29H30FN5O2/c1-17(2)3-6-23-20(18-10-12-37-16-18)5-8-26(33-23)34-24-7-4-21(22-14-32-29(36)28(22)24)25-15-31-27-13-19(30)9-11-35(25)27/h4-5,7-9,11,13,15,17-18H,3,6,10,12,14,16H2,1-2H3,(H,32,36)(H,33,34)/t18-/m1/s1. The molecule has 4 aromatic rings. The van der Waals surface area contributed by atoms with E-state index in [0.29, 0.717) is 35.3 Å². The molecule has 0 saturated carbocycles. The number of carbonyl (C=O) groups excluding carboxylic acids is 1. The van der Waals surface area contributed by atoms with Gasteiger partial charge >= 0.3 is 0 Å². The molecule has 2 aliphatic rings. The van der Waals surface area contributed by atoms with Crippen molar-refractivity contribution >= 4 is 23.1 Å². The topological polar surface area (TPSA) is 80.5 Å². The van der Waals surface area contributed by atoms with Crippen molar-refractivity contribution in [3.05, 3.63) is 77.0 Å². The first-order valence-corrected chi connectivity index (χ1v) is 12.9. The molecule has 3 aromatic heterocycles. The molecule has 1 fully saturated rings. The van der Waals surface area contributed by atoms with Gasteiger partial charge in [0, 0.05) is 42.6 Å². The minimum absolute atomic E-state index is 0.126. The van der Waals surface area contributed by atoms with Gasteiger partial charge in [-0.25, -0.2) is 14.4 Å². The van der Waals surface area contributed by atoms with E-state index in [1.165, 1.54) is 17.7 Å². The lowest BCUT2D eigenvalue weighted by Gasteiger charge is -2.17. The number of rotatable bonds is 7. The molecule has 0 spiro atoms. The molecule has 1 saturated heterocycles. The predicted octanol–water partition coefficient (Wildman–Crippen LogP) is 5.61. The second-order valence-electron chi connectivity index (χ2n) is 10.3. The lowest BCUT2D eigenvalue weighted by Crippen LogP contribution is -2.14. The maximum Gasteiger partial charge on any atom is 0.254 e. The maximum absolute atomic E-state index is 13.7. The van der Waals surface area contributed by atoms with Crippen LogP contribution in [0, 0.1) is 11.7 Å². The smallest absolute Gasteiger partial charge is 0.254 e. The number of aromatic nitrogens is 3. The molecule has 0 radical (unpaired) electrons. The van der Waals surface area contributed by atoms with Crippen molar-refractivity contribution in [2.45, 2.75) is 45.6 Å². The van der Waals surface area contributed by atoms with Gasteiger partial charge < -0.3 is 15.4 Å². The zero-order valence-electron chi connectivity index (χ0n) is 21.1. The van der Waals surface area contributed by atoms with Gasteiger partial charge in [-0.1, -0.05) is 26.0 Å². The van der Waals surface area contributed by atoms with E-state index in [0.717, 1.165) is 60.8 Å². The number of benzene rings is 1. The van der Waals surface area contributed by atoms with Crippen molar-refractivity contribution in [2.75, 3.05) is 18.5 Å². The molecule has 7 nitrogen and oxygen atoms in total. The van der Waals surface area contributed by atoms with Crippen molar-refractivity contribution in [2.24, 2.45) is 5.92 Å². The number of pyridine rings is 2. The number of anilines is 2. The Morgan fingerprint density at radius 3 is 2.95 bits per heavy atom. The normalized spacial score (nSPS) is 17.0. The largest absolute Gasteiger partial charge is 0.381 e. The average molecular weight is 500 g/mol. The van der Waals surface area contributed by atoms with Crippen molar-refractivity contribution in [3.8, 4) is 11.3 Å². The summed E-state index contributed by atoms with van der Waals surface area (Å²) in [7, 11) is 0. The summed E-state index contributed by atoms with van der Waals surface area (Å²) in [5.74, 6) is 1.23. The second-order valence-corrected chi connectivity index (χ2v) is 10.3. The van der Waals surface area contributed by atoms with Gasteiger partial charge in [0.15, 0.2) is 0 Å². The van der Waals surface area contributed by atoms with Gasteiger partial charge in [-0.3, -0.25) is 9.20 Å². The molecule has 0 aliphatic carbocycles. The minimum Gasteiger partial charge on any atom is -0.381 e. The van der Waals surface area contributed by atoms with Crippen LogP contribution in [-0.4, -0.2) is 33.5 Å². The summed E-state index contributed by atoms with van der Waals surface area (Å²) < 4.78 is 21.2. The Morgan fingerprint density at radius 2 is 2.14 bits per heavy atom. The number of ether oxygens (including phenoxy) is 1. The summed E-state index contributed by atoms with van der Waals surface area (Å²) in [5.41, 5.74) is 6.80. The Labute approximate surface area is 215 Å². The quantitative estimate of drug-likeness (QED) is 0.345. The summed E-state index contributed by atoms with van der Waals surface area (Å²) in [6, 6.07) is 10.9. The van der Waals surface area contributed by atoms with Crippen LogP contribution in [0.4, 0.5) is 15.9 Å². The highest BCUT2D eigenvalue weighted by molar-refractivity contribution is 6.06. The van der Waals surface area contributed by atoms with Crippen LogP contribution in [-0.2, 0) is 17.7 Å². The molecule has 2 N–H and O–H groups in total. The molecule has 5 heterocycles. The van der Waals surface area contributed by atoms with Gasteiger partial charge in [0.05, 0.1) is 29.7 Å². The number of nitrogens with zero attached hydrogens (tertiary/aromatic N) is 3. The lowest BCUT2D eigenvalue weighted by atomic mass is 9.93. The highest BCUT2D eigenvalue weighted by Gasteiger charge is 2.28. The summed E-state index contributed by atoms with van der Waals surface area (Å²) in [6.07, 6.45) is 6.37. The Kier molecular flexibility index (Phi) is 6.12. The van der Waals surface area contributed by atoms with Crippen LogP contribution in [0.3, 0.4) is 0 Å². The predicted molar refractivity (Wildman–Crippen MR) is 141 cm³/mol. The molecular formula is C29H30FN5O2. The number of aryl methyl sites for hydroxylation is 1. The van der Waals surface area contributed by atoms with E-state index < -0.39 is 0 Å². The number of halogens is 1. The Morgan fingerprint density at radius 1 is 1.24 bits per heavy atom. The number of amides is 1. The molecule has 1 atom stereocenters. The van der Waals surface area contributed by atoms with E-state index in [1.54, 1.807) is 12.4 Å². The monoisotopic (exact) mass is 499 g/mol. The lowest BCUT2D eigenvalue weighted by molar-refractivity contribution is 0.0966. The van der Waals surface area contributed by atoms with Crippen LogP contribution in [0.15, 0.2) is 48.8 Å². The number of carbonyl (C=O) groups is 1. The maximum atomic E-state index is 13.7. The molecule has 1 aromatic carbocycles. The van der Waals surface area contributed by atoms with Crippen molar-refractivity contribution < 1.29 is 13.9 Å². The zero-order chi connectivity index (χ0) is 25.5. The molecule has 190 valence electrons. The third kappa shape index (κ3) is 4.46. The van der Waals surface area contributed by atoms with Crippen LogP contribution >= 0.6 is 0 Å². The fourth-order valence-electron chi connectivity index (χ4n) is 5.34. The first-order chi connectivity index (χ1) is 18.0. The van der Waals surface area contributed by atoms with Gasteiger partial charge in [-0.2, -0.15) is 0 Å². The summed E-state index contributed by atoms with van der Waals surface area (Å²) >= 11 is 0. The number of hydrogen-bond acceptors (Lipinski definition) is 5. The zero-order valence-corrected chi connectivity index (χ0v) is 21.1. The Balaban J connectivity index is 1.36. The van der Waals surface area contributed by atoms with Crippen LogP contribution < -0.4 is 10.6 Å². The van der Waals surface area contributed by atoms with E-state index >= 15 is 0 Å². The number of fused-ring (bicyclic) bond motifs is 2. The number of nitrogens with one attached hydrogen (secondary N) is 2. The van der Waals surface area contributed by atoms with Gasteiger partial charge in [0.1, 0.15) is 17.3 Å². The van der Waals surface area contributed by atoms with Crippen LogP contribution in [0.1, 0.15) is 59.8 Å². The second kappa shape index (κ2) is 9.59. The highest BCUT2D eigenvalue weighted by Crippen LogP contribution is 2.36. The van der Waals surface area contributed by atoms with E-state index in [1.807, 2.05) is 22.6 Å². The van der Waals surface area contributed by atoms with Gasteiger partial charge in [0.2, 0.25) is 0 Å². The molecule has 0 unspecified atom stereocenters. The van der Waals surface area contributed by atoms with Crippen LogP contribution in [0.25, 0.3) is 16.9 Å². The van der Waals surface area contributed by atoms with Gasteiger partial charge in [-0.05, 0) is 54.5 Å². The van der Waals surface area contributed by atoms with Crippen molar-refractivity contribution in [1.82, 2.24) is 19.7 Å². The fraction of sp³-hybridized carbons (Fsp3) is 0.345.